The number of benzene rings is 2. The molecule has 2 bridgehead atoms. The lowest BCUT2D eigenvalue weighted by molar-refractivity contribution is -0.140. The second kappa shape index (κ2) is 7.44. The predicted molar refractivity (Wildman–Crippen MR) is 126 cm³/mol. The number of anilines is 1. The maximum atomic E-state index is 13.6. The van der Waals surface area contributed by atoms with E-state index in [4.69, 9.17) is 23.2 Å². The van der Waals surface area contributed by atoms with Crippen LogP contribution in [-0.2, 0) is 9.59 Å². The van der Waals surface area contributed by atoms with Gasteiger partial charge in [0, 0.05) is 15.6 Å². The molecule has 2 aromatic rings. The Balaban J connectivity index is 1.37. The van der Waals surface area contributed by atoms with E-state index in [9.17, 15) is 14.4 Å². The molecular formula is C26H22Cl2N2O3. The van der Waals surface area contributed by atoms with Gasteiger partial charge >= 0.3 is 0 Å². The van der Waals surface area contributed by atoms with Crippen molar-refractivity contribution in [3.8, 4) is 0 Å². The molecule has 7 heteroatoms. The van der Waals surface area contributed by atoms with Crippen LogP contribution in [0.1, 0.15) is 22.3 Å². The number of halogens is 2. The molecule has 0 N–H and O–H groups in total. The van der Waals surface area contributed by atoms with Gasteiger partial charge in [0.1, 0.15) is 6.67 Å². The molecule has 33 heavy (non-hydrogen) atoms. The van der Waals surface area contributed by atoms with E-state index in [0.717, 1.165) is 6.42 Å². The van der Waals surface area contributed by atoms with E-state index in [0.29, 0.717) is 38.7 Å². The molecular weight excluding hydrogens is 459 g/mol. The van der Waals surface area contributed by atoms with Gasteiger partial charge in [0.05, 0.1) is 17.5 Å². The number of rotatable bonds is 4. The Morgan fingerprint density at radius 1 is 0.970 bits per heavy atom. The molecule has 1 aliphatic heterocycles. The topological polar surface area (TPSA) is 57.7 Å². The minimum absolute atomic E-state index is 0.137. The fourth-order valence-corrected chi connectivity index (χ4v) is 6.48. The third-order valence-corrected chi connectivity index (χ3v) is 8.56. The summed E-state index contributed by atoms with van der Waals surface area (Å²) in [5, 5.41) is 1.03. The molecule has 0 radical (unpaired) electrons. The number of allylic oxidation sites excluding steroid dienone is 2. The van der Waals surface area contributed by atoms with E-state index in [1.54, 1.807) is 42.5 Å². The minimum atomic E-state index is -0.323. The van der Waals surface area contributed by atoms with Crippen LogP contribution in [0.15, 0.2) is 54.6 Å². The summed E-state index contributed by atoms with van der Waals surface area (Å²) in [6.07, 6.45) is 5.40. The highest BCUT2D eigenvalue weighted by Crippen LogP contribution is 2.65. The zero-order valence-corrected chi connectivity index (χ0v) is 19.5. The van der Waals surface area contributed by atoms with Gasteiger partial charge in [-0.25, -0.2) is 0 Å². The summed E-state index contributed by atoms with van der Waals surface area (Å²) in [7, 11) is 0. The Morgan fingerprint density at radius 3 is 2.18 bits per heavy atom. The van der Waals surface area contributed by atoms with Crippen molar-refractivity contribution in [3.05, 3.63) is 75.8 Å². The van der Waals surface area contributed by atoms with Crippen LogP contribution in [0, 0.1) is 42.4 Å². The van der Waals surface area contributed by atoms with Gasteiger partial charge in [-0.15, -0.1) is 0 Å². The molecule has 5 aliphatic rings. The first-order valence-corrected chi connectivity index (χ1v) is 12.0. The summed E-state index contributed by atoms with van der Waals surface area (Å²) in [4.78, 5) is 43.4. The molecule has 7 rings (SSSR count). The van der Waals surface area contributed by atoms with Crippen molar-refractivity contribution >= 4 is 46.6 Å². The Bertz CT molecular complexity index is 1190. The summed E-state index contributed by atoms with van der Waals surface area (Å²) in [6, 6.07) is 11.9. The number of carbonyl (C=O) groups excluding carboxylic acids is 3. The predicted octanol–water partition coefficient (Wildman–Crippen LogP) is 4.96. The van der Waals surface area contributed by atoms with Crippen LogP contribution < -0.4 is 4.90 Å². The summed E-state index contributed by atoms with van der Waals surface area (Å²) >= 11 is 12.4. The Morgan fingerprint density at radius 2 is 1.58 bits per heavy atom. The number of likely N-dealkylation sites (tertiary alicyclic amines) is 1. The van der Waals surface area contributed by atoms with Gasteiger partial charge in [0.15, 0.2) is 0 Å². The van der Waals surface area contributed by atoms with Crippen molar-refractivity contribution in [2.75, 3.05) is 11.6 Å². The van der Waals surface area contributed by atoms with Crippen LogP contribution in [0.5, 0.6) is 0 Å². The smallest absolute Gasteiger partial charge is 0.259 e. The number of hydrogen-bond acceptors (Lipinski definition) is 3. The number of amides is 3. The quantitative estimate of drug-likeness (QED) is 0.458. The van der Waals surface area contributed by atoms with E-state index in [-0.39, 0.29) is 48.1 Å². The molecule has 2 aromatic carbocycles. The first kappa shape index (κ1) is 20.9. The standard InChI is InChI=1S/C26H22Cl2N2O3/c1-13-20(28)3-2-4-21(13)29(24(31)14-5-7-15(27)8-6-14)12-30-25(32)22-16-9-10-17(19-11-18(16)19)23(22)26(30)33/h2-10,16-19,22-23H,11-12H2,1H3. The lowest BCUT2D eigenvalue weighted by atomic mass is 9.63. The van der Waals surface area contributed by atoms with E-state index >= 15 is 0 Å². The molecule has 3 amide bonds. The first-order valence-electron chi connectivity index (χ1n) is 11.2. The molecule has 6 unspecified atom stereocenters. The van der Waals surface area contributed by atoms with Crippen LogP contribution >= 0.6 is 23.2 Å². The molecule has 5 nitrogen and oxygen atoms in total. The maximum Gasteiger partial charge on any atom is 0.259 e. The van der Waals surface area contributed by atoms with Gasteiger partial charge in [-0.3, -0.25) is 24.2 Å². The number of imide groups is 1. The number of carbonyl (C=O) groups is 3. The number of nitrogens with zero attached hydrogens (tertiary/aromatic N) is 2. The highest BCUT2D eigenvalue weighted by atomic mass is 35.5. The molecule has 0 aromatic heterocycles. The molecule has 2 saturated carbocycles. The minimum Gasteiger partial charge on any atom is -0.289 e. The SMILES string of the molecule is Cc1c(Cl)cccc1N(CN1C(=O)C2C3C=CC(C4CC34)C2C1=O)C(=O)c1ccc(Cl)cc1. The number of hydrogen-bond donors (Lipinski definition) is 0. The fraction of sp³-hybridized carbons (Fsp3) is 0.346. The monoisotopic (exact) mass is 480 g/mol. The second-order valence-electron chi connectivity index (χ2n) is 9.52. The Hall–Kier alpha value is -2.63. The van der Waals surface area contributed by atoms with Crippen LogP contribution in [0.2, 0.25) is 10.0 Å². The fourth-order valence-electron chi connectivity index (χ4n) is 6.19. The van der Waals surface area contributed by atoms with Crippen LogP contribution in [0.3, 0.4) is 0 Å². The van der Waals surface area contributed by atoms with E-state index in [1.165, 1.54) is 9.80 Å². The van der Waals surface area contributed by atoms with Gasteiger partial charge in [0.25, 0.3) is 5.91 Å². The van der Waals surface area contributed by atoms with Gasteiger partial charge in [-0.1, -0.05) is 41.4 Å². The zero-order chi connectivity index (χ0) is 23.0. The van der Waals surface area contributed by atoms with Crippen molar-refractivity contribution in [2.45, 2.75) is 13.3 Å². The summed E-state index contributed by atoms with van der Waals surface area (Å²) < 4.78 is 0. The lowest BCUT2D eigenvalue weighted by Gasteiger charge is -2.37. The zero-order valence-electron chi connectivity index (χ0n) is 17.9. The Kier molecular flexibility index (Phi) is 4.72. The third kappa shape index (κ3) is 3.09. The summed E-state index contributed by atoms with van der Waals surface area (Å²) in [6.45, 7) is 1.69. The Labute approximate surface area is 201 Å². The average molecular weight is 481 g/mol. The molecule has 1 heterocycles. The van der Waals surface area contributed by atoms with Crippen molar-refractivity contribution in [2.24, 2.45) is 35.5 Å². The lowest BCUT2D eigenvalue weighted by Crippen LogP contribution is -2.45. The summed E-state index contributed by atoms with van der Waals surface area (Å²) in [5.74, 6) is 0.0795. The van der Waals surface area contributed by atoms with E-state index in [2.05, 4.69) is 12.2 Å². The molecule has 1 saturated heterocycles. The van der Waals surface area contributed by atoms with Gasteiger partial charge in [-0.2, -0.15) is 0 Å². The molecule has 3 fully saturated rings. The first-order chi connectivity index (χ1) is 15.9. The van der Waals surface area contributed by atoms with Crippen molar-refractivity contribution < 1.29 is 14.4 Å². The second-order valence-corrected chi connectivity index (χ2v) is 10.4. The largest absolute Gasteiger partial charge is 0.289 e. The van der Waals surface area contributed by atoms with Gasteiger partial charge in [0.2, 0.25) is 11.8 Å². The van der Waals surface area contributed by atoms with Crippen LogP contribution in [0.4, 0.5) is 5.69 Å². The van der Waals surface area contributed by atoms with Crippen molar-refractivity contribution in [1.82, 2.24) is 4.90 Å². The molecule has 6 atom stereocenters. The third-order valence-electron chi connectivity index (χ3n) is 7.90. The van der Waals surface area contributed by atoms with Crippen LogP contribution in [-0.4, -0.2) is 29.3 Å². The maximum absolute atomic E-state index is 13.6. The highest BCUT2D eigenvalue weighted by Gasteiger charge is 2.67. The van der Waals surface area contributed by atoms with E-state index < -0.39 is 0 Å². The molecule has 0 spiro atoms. The summed E-state index contributed by atoms with van der Waals surface area (Å²) in [5.41, 5.74) is 1.70. The highest BCUT2D eigenvalue weighted by molar-refractivity contribution is 6.32. The normalized spacial score (nSPS) is 30.9. The van der Waals surface area contributed by atoms with Crippen molar-refractivity contribution in [3.63, 3.8) is 0 Å². The van der Waals surface area contributed by atoms with Crippen molar-refractivity contribution in [1.29, 1.82) is 0 Å². The molecule has 4 aliphatic carbocycles. The molecule has 168 valence electrons. The average Bonchev–Trinajstić information content (AvgIpc) is 3.60. The van der Waals surface area contributed by atoms with E-state index in [1.807, 2.05) is 6.92 Å². The van der Waals surface area contributed by atoms with Crippen LogP contribution in [0.25, 0.3) is 0 Å². The van der Waals surface area contributed by atoms with Gasteiger partial charge in [-0.05, 0) is 79.0 Å². The van der Waals surface area contributed by atoms with Gasteiger partial charge < -0.3 is 0 Å².